The number of hydrogen-bond acceptors (Lipinski definition) is 5. The number of benzene rings is 1. The Bertz CT molecular complexity index is 532. The third-order valence-corrected chi connectivity index (χ3v) is 4.55. The fourth-order valence-corrected chi connectivity index (χ4v) is 3.16. The molecule has 0 bridgehead atoms. The number of hydrogen-bond donors (Lipinski definition) is 4. The van der Waals surface area contributed by atoms with Gasteiger partial charge < -0.3 is 15.9 Å². The number of nitrogens with one attached hydrogen (secondary N) is 1. The first kappa shape index (κ1) is 15.5. The first-order valence-corrected chi connectivity index (χ1v) is 7.05. The molecule has 0 aliphatic carbocycles. The van der Waals surface area contributed by atoms with Crippen LogP contribution in [0.3, 0.4) is 0 Å². The molecule has 0 fully saturated rings. The highest BCUT2D eigenvalue weighted by Gasteiger charge is 2.23. The van der Waals surface area contributed by atoms with Crippen LogP contribution >= 0.6 is 23.2 Å². The standard InChI is InChI=1S/C9H12Cl2N2O4S/c10-6-1-2-7(8(11)9(6)12)18(16,17)13-5(3-14)4-15/h1-2,5,13-15H,3-4,12H2. The molecule has 102 valence electrons. The summed E-state index contributed by atoms with van der Waals surface area (Å²) in [6.07, 6.45) is 0. The molecule has 1 aromatic carbocycles. The molecule has 9 heteroatoms. The summed E-state index contributed by atoms with van der Waals surface area (Å²) >= 11 is 11.5. The second-order valence-corrected chi connectivity index (χ2v) is 5.92. The molecular formula is C9H12Cl2N2O4S. The van der Waals surface area contributed by atoms with Crippen molar-refractivity contribution in [2.24, 2.45) is 0 Å². The smallest absolute Gasteiger partial charge is 0.242 e. The van der Waals surface area contributed by atoms with Gasteiger partial charge in [0.05, 0.1) is 35.0 Å². The topological polar surface area (TPSA) is 113 Å². The number of aliphatic hydroxyl groups excluding tert-OH is 2. The molecule has 0 heterocycles. The van der Waals surface area contributed by atoms with Crippen molar-refractivity contribution < 1.29 is 18.6 Å². The van der Waals surface area contributed by atoms with E-state index in [-0.39, 0.29) is 20.6 Å². The summed E-state index contributed by atoms with van der Waals surface area (Å²) in [5, 5.41) is 17.6. The van der Waals surface area contributed by atoms with Gasteiger partial charge in [0.25, 0.3) is 0 Å². The van der Waals surface area contributed by atoms with Gasteiger partial charge in [-0.05, 0) is 12.1 Å². The predicted octanol–water partition coefficient (Wildman–Crippen LogP) is 0.207. The highest BCUT2D eigenvalue weighted by Crippen LogP contribution is 2.32. The van der Waals surface area contributed by atoms with Crippen LogP contribution in [0, 0.1) is 0 Å². The average Bonchev–Trinajstić information content (AvgIpc) is 2.32. The highest BCUT2D eigenvalue weighted by molar-refractivity contribution is 7.89. The Morgan fingerprint density at radius 2 is 1.83 bits per heavy atom. The Balaban J connectivity index is 3.17. The largest absolute Gasteiger partial charge is 0.396 e. The minimum Gasteiger partial charge on any atom is -0.396 e. The van der Waals surface area contributed by atoms with Gasteiger partial charge in [0.1, 0.15) is 4.90 Å². The molecule has 0 spiro atoms. The van der Waals surface area contributed by atoms with Crippen molar-refractivity contribution >= 4 is 38.9 Å². The average molecular weight is 315 g/mol. The van der Waals surface area contributed by atoms with Crippen LogP contribution in [-0.4, -0.2) is 37.9 Å². The van der Waals surface area contributed by atoms with Crippen LogP contribution < -0.4 is 10.5 Å². The molecule has 6 nitrogen and oxygen atoms in total. The maximum atomic E-state index is 11.9. The molecule has 0 aromatic heterocycles. The van der Waals surface area contributed by atoms with E-state index in [1.54, 1.807) is 0 Å². The van der Waals surface area contributed by atoms with E-state index in [1.165, 1.54) is 12.1 Å². The number of rotatable bonds is 5. The van der Waals surface area contributed by atoms with Crippen molar-refractivity contribution in [3.63, 3.8) is 0 Å². The van der Waals surface area contributed by atoms with E-state index in [1.807, 2.05) is 0 Å². The Kier molecular flexibility index (Phi) is 5.20. The van der Waals surface area contributed by atoms with E-state index in [0.29, 0.717) is 0 Å². The lowest BCUT2D eigenvalue weighted by atomic mass is 10.3. The zero-order valence-corrected chi connectivity index (χ0v) is 11.4. The minimum absolute atomic E-state index is 0.0502. The van der Waals surface area contributed by atoms with Gasteiger partial charge in [-0.15, -0.1) is 0 Å². The van der Waals surface area contributed by atoms with E-state index < -0.39 is 29.3 Å². The zero-order valence-electron chi connectivity index (χ0n) is 9.10. The Morgan fingerprint density at radius 1 is 1.28 bits per heavy atom. The van der Waals surface area contributed by atoms with Crippen LogP contribution in [0.2, 0.25) is 10.0 Å². The zero-order chi connectivity index (χ0) is 13.9. The summed E-state index contributed by atoms with van der Waals surface area (Å²) in [6.45, 7) is -1.09. The minimum atomic E-state index is -3.99. The number of aliphatic hydroxyl groups is 2. The quantitative estimate of drug-likeness (QED) is 0.580. The molecule has 5 N–H and O–H groups in total. The SMILES string of the molecule is Nc1c(Cl)ccc(S(=O)(=O)NC(CO)CO)c1Cl. The van der Waals surface area contributed by atoms with E-state index in [2.05, 4.69) is 4.72 Å². The maximum absolute atomic E-state index is 11.9. The first-order valence-electron chi connectivity index (χ1n) is 4.81. The normalized spacial score (nSPS) is 12.1. The summed E-state index contributed by atoms with van der Waals surface area (Å²) in [5.74, 6) is 0. The van der Waals surface area contributed by atoms with Crippen molar-refractivity contribution in [3.8, 4) is 0 Å². The van der Waals surface area contributed by atoms with Crippen molar-refractivity contribution in [3.05, 3.63) is 22.2 Å². The van der Waals surface area contributed by atoms with Crippen molar-refractivity contribution in [2.45, 2.75) is 10.9 Å². The molecule has 0 aliphatic heterocycles. The van der Waals surface area contributed by atoms with Gasteiger partial charge in [-0.1, -0.05) is 23.2 Å². The summed E-state index contributed by atoms with van der Waals surface area (Å²) in [4.78, 5) is -0.266. The van der Waals surface area contributed by atoms with Crippen molar-refractivity contribution in [1.29, 1.82) is 0 Å². The van der Waals surface area contributed by atoms with Crippen LogP contribution in [0.4, 0.5) is 5.69 Å². The Morgan fingerprint density at radius 3 is 2.33 bits per heavy atom. The van der Waals surface area contributed by atoms with Gasteiger partial charge >= 0.3 is 0 Å². The van der Waals surface area contributed by atoms with Crippen molar-refractivity contribution in [2.75, 3.05) is 18.9 Å². The van der Waals surface area contributed by atoms with Crippen LogP contribution in [0.15, 0.2) is 17.0 Å². The molecular weight excluding hydrogens is 303 g/mol. The fourth-order valence-electron chi connectivity index (χ4n) is 1.17. The van der Waals surface area contributed by atoms with Gasteiger partial charge in [0, 0.05) is 0 Å². The number of nitrogens with two attached hydrogens (primary N) is 1. The van der Waals surface area contributed by atoms with Gasteiger partial charge in [-0.25, -0.2) is 13.1 Å². The van der Waals surface area contributed by atoms with Gasteiger partial charge in [-0.3, -0.25) is 0 Å². The fraction of sp³-hybridized carbons (Fsp3) is 0.333. The van der Waals surface area contributed by atoms with Crippen molar-refractivity contribution in [1.82, 2.24) is 4.72 Å². The van der Waals surface area contributed by atoms with Gasteiger partial charge in [0.2, 0.25) is 10.0 Å². The molecule has 0 amide bonds. The third-order valence-electron chi connectivity index (χ3n) is 2.14. The third kappa shape index (κ3) is 3.25. The van der Waals surface area contributed by atoms with Crippen LogP contribution in [-0.2, 0) is 10.0 Å². The number of anilines is 1. The Labute approximate surface area is 114 Å². The monoisotopic (exact) mass is 314 g/mol. The molecule has 0 atom stereocenters. The summed E-state index contributed by atoms with van der Waals surface area (Å²) in [6, 6.07) is 1.47. The van der Waals surface area contributed by atoms with Crippen LogP contribution in [0.5, 0.6) is 0 Å². The van der Waals surface area contributed by atoms with E-state index in [0.717, 1.165) is 0 Å². The molecule has 1 aromatic rings. The predicted molar refractivity (Wildman–Crippen MR) is 69.2 cm³/mol. The summed E-state index contributed by atoms with van der Waals surface area (Å²) in [5.41, 5.74) is 5.47. The molecule has 0 radical (unpaired) electrons. The summed E-state index contributed by atoms with van der Waals surface area (Å²) < 4.78 is 25.9. The highest BCUT2D eigenvalue weighted by atomic mass is 35.5. The van der Waals surface area contributed by atoms with Crippen LogP contribution in [0.25, 0.3) is 0 Å². The van der Waals surface area contributed by atoms with Gasteiger partial charge in [-0.2, -0.15) is 0 Å². The van der Waals surface area contributed by atoms with Gasteiger partial charge in [0.15, 0.2) is 0 Å². The molecule has 18 heavy (non-hydrogen) atoms. The lowest BCUT2D eigenvalue weighted by molar-refractivity contribution is 0.185. The number of halogens is 2. The van der Waals surface area contributed by atoms with E-state index in [9.17, 15) is 8.42 Å². The lowest BCUT2D eigenvalue weighted by Gasteiger charge is -2.15. The Hall–Kier alpha value is -0.570. The molecule has 0 saturated heterocycles. The second-order valence-electron chi connectivity index (χ2n) is 3.46. The number of nitrogen functional groups attached to an aromatic ring is 1. The maximum Gasteiger partial charge on any atom is 0.242 e. The summed E-state index contributed by atoms with van der Waals surface area (Å²) in [7, 11) is -3.99. The molecule has 1 rings (SSSR count). The van der Waals surface area contributed by atoms with E-state index >= 15 is 0 Å². The molecule has 0 saturated carbocycles. The van der Waals surface area contributed by atoms with E-state index in [4.69, 9.17) is 39.1 Å². The van der Waals surface area contributed by atoms with Crippen LogP contribution in [0.1, 0.15) is 0 Å². The second kappa shape index (κ2) is 6.05. The number of sulfonamides is 1. The molecule has 0 aliphatic rings. The lowest BCUT2D eigenvalue weighted by Crippen LogP contribution is -2.40. The first-order chi connectivity index (χ1) is 8.33. The molecule has 0 unspecified atom stereocenters.